The molecule has 0 aliphatic rings. The minimum atomic E-state index is -0.922. The molecule has 0 saturated heterocycles. The first-order chi connectivity index (χ1) is 11.5. The molecule has 2 amide bonds. The fraction of sp³-hybridized carbons (Fsp3) is 0.118. The van der Waals surface area contributed by atoms with Crippen LogP contribution in [0, 0.1) is 6.92 Å². The third-order valence-electron chi connectivity index (χ3n) is 3.12. The molecule has 0 radical (unpaired) electrons. The summed E-state index contributed by atoms with van der Waals surface area (Å²) in [5.74, 6) is -1.27. The molecule has 0 spiro atoms. The summed E-state index contributed by atoms with van der Waals surface area (Å²) in [6.07, 6.45) is 1.22. The molecule has 2 aromatic carbocycles. The van der Waals surface area contributed by atoms with E-state index in [9.17, 15) is 14.7 Å². The topological polar surface area (TPSA) is 100 Å². The summed E-state index contributed by atoms with van der Waals surface area (Å²) in [5.41, 5.74) is 3.99. The van der Waals surface area contributed by atoms with Gasteiger partial charge in [0.1, 0.15) is 11.5 Å². The summed E-state index contributed by atoms with van der Waals surface area (Å²) in [6.45, 7) is 1.92. The standard InChI is InChI=1S/C17H17N3O4/c1-11-3-5-13(6-4-11)19-16(22)17(23)20-18-10-12-9-14(24-2)7-8-15(12)21/h3-10,21H,1-2H3,(H,19,22)(H,20,23)/b18-10+. The number of hydrazone groups is 1. The molecule has 0 atom stereocenters. The lowest BCUT2D eigenvalue weighted by Crippen LogP contribution is -2.32. The van der Waals surface area contributed by atoms with Crippen molar-refractivity contribution in [2.45, 2.75) is 6.92 Å². The maximum absolute atomic E-state index is 11.7. The highest BCUT2D eigenvalue weighted by Crippen LogP contribution is 2.20. The first kappa shape index (κ1) is 17.0. The van der Waals surface area contributed by atoms with Crippen molar-refractivity contribution in [3.8, 4) is 11.5 Å². The molecule has 2 aromatic rings. The molecule has 3 N–H and O–H groups in total. The Morgan fingerprint density at radius 1 is 1.12 bits per heavy atom. The SMILES string of the molecule is COc1ccc(O)c(/C=N/NC(=O)C(=O)Nc2ccc(C)cc2)c1. The number of anilines is 1. The van der Waals surface area contributed by atoms with E-state index >= 15 is 0 Å². The largest absolute Gasteiger partial charge is 0.507 e. The highest BCUT2D eigenvalue weighted by atomic mass is 16.5. The van der Waals surface area contributed by atoms with Crippen LogP contribution in [0.2, 0.25) is 0 Å². The summed E-state index contributed by atoms with van der Waals surface area (Å²) in [6, 6.07) is 11.6. The number of phenolic OH excluding ortho intramolecular Hbond substituents is 1. The van der Waals surface area contributed by atoms with Gasteiger partial charge in [-0.2, -0.15) is 5.10 Å². The molecular formula is C17H17N3O4. The van der Waals surface area contributed by atoms with Crippen molar-refractivity contribution in [1.29, 1.82) is 0 Å². The Morgan fingerprint density at radius 3 is 2.50 bits per heavy atom. The number of amides is 2. The quantitative estimate of drug-likeness (QED) is 0.453. The van der Waals surface area contributed by atoms with E-state index in [1.807, 2.05) is 19.1 Å². The van der Waals surface area contributed by atoms with Gasteiger partial charge in [0.2, 0.25) is 0 Å². The lowest BCUT2D eigenvalue weighted by molar-refractivity contribution is -0.136. The molecule has 0 heterocycles. The number of aromatic hydroxyl groups is 1. The van der Waals surface area contributed by atoms with Crippen molar-refractivity contribution >= 4 is 23.7 Å². The zero-order valence-electron chi connectivity index (χ0n) is 13.2. The number of carbonyl (C=O) groups excluding carboxylic acids is 2. The van der Waals surface area contributed by atoms with Crippen LogP contribution in [-0.4, -0.2) is 30.2 Å². The summed E-state index contributed by atoms with van der Waals surface area (Å²) in [7, 11) is 1.49. The van der Waals surface area contributed by atoms with Gasteiger partial charge in [0.15, 0.2) is 0 Å². The van der Waals surface area contributed by atoms with Crippen molar-refractivity contribution in [2.75, 3.05) is 12.4 Å². The van der Waals surface area contributed by atoms with Crippen LogP contribution in [0.4, 0.5) is 5.69 Å². The summed E-state index contributed by atoms with van der Waals surface area (Å²) < 4.78 is 5.03. The van der Waals surface area contributed by atoms with Crippen molar-refractivity contribution in [3.05, 3.63) is 53.6 Å². The number of phenols is 1. The molecule has 0 bridgehead atoms. The normalized spacial score (nSPS) is 10.4. The van der Waals surface area contributed by atoms with E-state index in [1.165, 1.54) is 25.5 Å². The minimum absolute atomic E-state index is 0.0297. The van der Waals surface area contributed by atoms with E-state index in [0.717, 1.165) is 5.56 Å². The molecule has 0 aromatic heterocycles. The number of hydrogen-bond donors (Lipinski definition) is 3. The van der Waals surface area contributed by atoms with Crippen molar-refractivity contribution in [1.82, 2.24) is 5.43 Å². The highest BCUT2D eigenvalue weighted by molar-refractivity contribution is 6.39. The van der Waals surface area contributed by atoms with E-state index in [4.69, 9.17) is 4.74 Å². The highest BCUT2D eigenvalue weighted by Gasteiger charge is 2.12. The molecule has 0 fully saturated rings. The Labute approximate surface area is 139 Å². The predicted octanol–water partition coefficient (Wildman–Crippen LogP) is 1.80. The van der Waals surface area contributed by atoms with Crippen molar-refractivity contribution in [3.63, 3.8) is 0 Å². The Balaban J connectivity index is 1.94. The third kappa shape index (κ3) is 4.57. The van der Waals surface area contributed by atoms with Crippen LogP contribution >= 0.6 is 0 Å². The van der Waals surface area contributed by atoms with E-state index in [1.54, 1.807) is 18.2 Å². The average molecular weight is 327 g/mol. The second kappa shape index (κ2) is 7.77. The Hall–Kier alpha value is -3.35. The Morgan fingerprint density at radius 2 is 1.83 bits per heavy atom. The van der Waals surface area contributed by atoms with Gasteiger partial charge in [0.25, 0.3) is 0 Å². The van der Waals surface area contributed by atoms with Crippen LogP contribution in [0.15, 0.2) is 47.6 Å². The number of benzene rings is 2. The van der Waals surface area contributed by atoms with Crippen LogP contribution in [0.5, 0.6) is 11.5 Å². The second-order valence-corrected chi connectivity index (χ2v) is 4.94. The zero-order valence-corrected chi connectivity index (χ0v) is 13.2. The number of methoxy groups -OCH3 is 1. The fourth-order valence-electron chi connectivity index (χ4n) is 1.80. The number of nitrogens with zero attached hydrogens (tertiary/aromatic N) is 1. The number of nitrogens with one attached hydrogen (secondary N) is 2. The van der Waals surface area contributed by atoms with E-state index in [0.29, 0.717) is 17.0 Å². The van der Waals surface area contributed by atoms with Gasteiger partial charge in [0.05, 0.1) is 13.3 Å². The van der Waals surface area contributed by atoms with Gasteiger partial charge in [-0.15, -0.1) is 0 Å². The minimum Gasteiger partial charge on any atom is -0.507 e. The molecule has 0 saturated carbocycles. The molecule has 0 aliphatic carbocycles. The lowest BCUT2D eigenvalue weighted by atomic mass is 10.2. The van der Waals surface area contributed by atoms with E-state index < -0.39 is 11.8 Å². The monoisotopic (exact) mass is 327 g/mol. The van der Waals surface area contributed by atoms with Crippen LogP contribution < -0.4 is 15.5 Å². The van der Waals surface area contributed by atoms with Gasteiger partial charge in [-0.25, -0.2) is 5.43 Å². The van der Waals surface area contributed by atoms with Crippen LogP contribution in [0.1, 0.15) is 11.1 Å². The van der Waals surface area contributed by atoms with Gasteiger partial charge < -0.3 is 15.2 Å². The van der Waals surface area contributed by atoms with Gasteiger partial charge in [0, 0.05) is 11.3 Å². The number of rotatable bonds is 4. The average Bonchev–Trinajstić information content (AvgIpc) is 2.58. The van der Waals surface area contributed by atoms with E-state index in [-0.39, 0.29) is 5.75 Å². The maximum atomic E-state index is 11.7. The van der Waals surface area contributed by atoms with Crippen molar-refractivity contribution in [2.24, 2.45) is 5.10 Å². The Kier molecular flexibility index (Phi) is 5.51. The summed E-state index contributed by atoms with van der Waals surface area (Å²) >= 11 is 0. The zero-order chi connectivity index (χ0) is 17.5. The molecule has 124 valence electrons. The fourth-order valence-corrected chi connectivity index (χ4v) is 1.80. The first-order valence-corrected chi connectivity index (χ1v) is 7.07. The predicted molar refractivity (Wildman–Crippen MR) is 90.2 cm³/mol. The molecule has 2 rings (SSSR count). The second-order valence-electron chi connectivity index (χ2n) is 4.94. The molecule has 0 unspecified atom stereocenters. The summed E-state index contributed by atoms with van der Waals surface area (Å²) in [5, 5.41) is 15.8. The van der Waals surface area contributed by atoms with Crippen LogP contribution in [-0.2, 0) is 9.59 Å². The molecule has 24 heavy (non-hydrogen) atoms. The smallest absolute Gasteiger partial charge is 0.329 e. The molecule has 0 aliphatic heterocycles. The van der Waals surface area contributed by atoms with Crippen molar-refractivity contribution < 1.29 is 19.4 Å². The Bertz CT molecular complexity index is 770. The molecule has 7 heteroatoms. The summed E-state index contributed by atoms with van der Waals surface area (Å²) in [4.78, 5) is 23.4. The van der Waals surface area contributed by atoms with Gasteiger partial charge in [-0.1, -0.05) is 17.7 Å². The molecule has 7 nitrogen and oxygen atoms in total. The first-order valence-electron chi connectivity index (χ1n) is 7.07. The van der Waals surface area contributed by atoms with Gasteiger partial charge in [-0.3, -0.25) is 9.59 Å². The number of hydrogen-bond acceptors (Lipinski definition) is 5. The van der Waals surface area contributed by atoms with Gasteiger partial charge >= 0.3 is 11.8 Å². The van der Waals surface area contributed by atoms with E-state index in [2.05, 4.69) is 15.8 Å². The van der Waals surface area contributed by atoms with Gasteiger partial charge in [-0.05, 0) is 37.3 Å². The van der Waals surface area contributed by atoms with Crippen LogP contribution in [0.25, 0.3) is 0 Å². The van der Waals surface area contributed by atoms with Crippen LogP contribution in [0.3, 0.4) is 0 Å². The lowest BCUT2D eigenvalue weighted by Gasteiger charge is -2.05. The molecular weight excluding hydrogens is 310 g/mol. The third-order valence-corrected chi connectivity index (χ3v) is 3.12. The number of aryl methyl sites for hydroxylation is 1. The number of carbonyl (C=O) groups is 2. The maximum Gasteiger partial charge on any atom is 0.329 e. The number of ether oxygens (including phenoxy) is 1.